The maximum absolute atomic E-state index is 13.6. The maximum atomic E-state index is 13.6. The molecule has 0 aromatic heterocycles. The largest absolute Gasteiger partial charge is 0.357 e. The Hall–Kier alpha value is -3.87. The van der Waals surface area contributed by atoms with Gasteiger partial charge in [0.2, 0.25) is 5.91 Å². The SMILES string of the molecule is CNC(=O)C(NC(=O)c1ccc2c(c1)C(=O)c1ccccc1-2)c1ccc(F)c(F)c1. The molecule has 5 nitrogen and oxygen atoms in total. The minimum absolute atomic E-state index is 0.0891. The predicted molar refractivity (Wildman–Crippen MR) is 106 cm³/mol. The van der Waals surface area contributed by atoms with Crippen molar-refractivity contribution in [1.82, 2.24) is 10.6 Å². The number of hydrogen-bond acceptors (Lipinski definition) is 3. The summed E-state index contributed by atoms with van der Waals surface area (Å²) in [5.74, 6) is -3.59. The Balaban J connectivity index is 1.65. The van der Waals surface area contributed by atoms with E-state index in [1.165, 1.54) is 19.2 Å². The fourth-order valence-corrected chi connectivity index (χ4v) is 3.52. The number of nitrogens with one attached hydrogen (secondary N) is 2. The molecule has 2 amide bonds. The zero-order valence-electron chi connectivity index (χ0n) is 15.8. The number of hydrogen-bond donors (Lipinski definition) is 2. The molecule has 1 unspecified atom stereocenters. The first-order chi connectivity index (χ1) is 14.4. The summed E-state index contributed by atoms with van der Waals surface area (Å²) >= 11 is 0. The highest BCUT2D eigenvalue weighted by atomic mass is 19.2. The van der Waals surface area contributed by atoms with Crippen LogP contribution in [0.2, 0.25) is 0 Å². The van der Waals surface area contributed by atoms with E-state index in [1.807, 2.05) is 12.1 Å². The highest BCUT2D eigenvalue weighted by Gasteiger charge is 2.28. The van der Waals surface area contributed by atoms with Crippen LogP contribution in [-0.2, 0) is 4.79 Å². The Kier molecular flexibility index (Phi) is 4.87. The van der Waals surface area contributed by atoms with E-state index in [1.54, 1.807) is 24.3 Å². The molecule has 1 aliphatic carbocycles. The van der Waals surface area contributed by atoms with Crippen LogP contribution in [0.5, 0.6) is 0 Å². The number of carbonyl (C=O) groups is 3. The van der Waals surface area contributed by atoms with Crippen LogP contribution in [0.1, 0.15) is 37.9 Å². The number of amides is 2. The van der Waals surface area contributed by atoms with E-state index >= 15 is 0 Å². The van der Waals surface area contributed by atoms with Gasteiger partial charge in [0, 0.05) is 23.7 Å². The summed E-state index contributed by atoms with van der Waals surface area (Å²) in [6, 6.07) is 13.6. The van der Waals surface area contributed by atoms with Gasteiger partial charge in [0.1, 0.15) is 6.04 Å². The van der Waals surface area contributed by atoms with Gasteiger partial charge in [0.05, 0.1) is 0 Å². The molecule has 7 heteroatoms. The smallest absolute Gasteiger partial charge is 0.252 e. The summed E-state index contributed by atoms with van der Waals surface area (Å²) in [4.78, 5) is 37.7. The van der Waals surface area contributed by atoms with Crippen molar-refractivity contribution in [3.63, 3.8) is 0 Å². The molecular weight excluding hydrogens is 390 g/mol. The van der Waals surface area contributed by atoms with Crippen LogP contribution in [0.25, 0.3) is 11.1 Å². The molecule has 3 aromatic rings. The zero-order chi connectivity index (χ0) is 21.4. The third-order valence-corrected chi connectivity index (χ3v) is 5.05. The second-order valence-corrected chi connectivity index (χ2v) is 6.83. The van der Waals surface area contributed by atoms with Gasteiger partial charge in [-0.2, -0.15) is 0 Å². The number of halogens is 2. The number of ketones is 1. The lowest BCUT2D eigenvalue weighted by molar-refractivity contribution is -0.122. The van der Waals surface area contributed by atoms with Gasteiger partial charge in [-0.3, -0.25) is 14.4 Å². The van der Waals surface area contributed by atoms with Gasteiger partial charge in [-0.15, -0.1) is 0 Å². The fraction of sp³-hybridized carbons (Fsp3) is 0.0870. The highest BCUT2D eigenvalue weighted by molar-refractivity contribution is 6.22. The fourth-order valence-electron chi connectivity index (χ4n) is 3.52. The maximum Gasteiger partial charge on any atom is 0.252 e. The van der Waals surface area contributed by atoms with Gasteiger partial charge in [0.15, 0.2) is 17.4 Å². The van der Waals surface area contributed by atoms with Gasteiger partial charge in [-0.1, -0.05) is 36.4 Å². The van der Waals surface area contributed by atoms with Crippen LogP contribution >= 0.6 is 0 Å². The third-order valence-electron chi connectivity index (χ3n) is 5.05. The van der Waals surface area contributed by atoms with E-state index in [0.29, 0.717) is 11.1 Å². The van der Waals surface area contributed by atoms with E-state index < -0.39 is 29.5 Å². The Morgan fingerprint density at radius 2 is 1.53 bits per heavy atom. The molecule has 1 atom stereocenters. The summed E-state index contributed by atoms with van der Waals surface area (Å²) in [5, 5.41) is 4.91. The van der Waals surface area contributed by atoms with Gasteiger partial charge in [-0.05, 0) is 41.0 Å². The van der Waals surface area contributed by atoms with Gasteiger partial charge >= 0.3 is 0 Å². The molecular formula is C23H16F2N2O3. The average Bonchev–Trinajstić information content (AvgIpc) is 3.05. The van der Waals surface area contributed by atoms with Crippen molar-refractivity contribution in [2.45, 2.75) is 6.04 Å². The summed E-state index contributed by atoms with van der Waals surface area (Å²) in [5.41, 5.74) is 2.76. The monoisotopic (exact) mass is 406 g/mol. The average molecular weight is 406 g/mol. The van der Waals surface area contributed by atoms with E-state index in [4.69, 9.17) is 0 Å². The highest BCUT2D eigenvalue weighted by Crippen LogP contribution is 2.36. The topological polar surface area (TPSA) is 75.3 Å². The lowest BCUT2D eigenvalue weighted by atomic mass is 10.0. The van der Waals surface area contributed by atoms with Gasteiger partial charge in [-0.25, -0.2) is 8.78 Å². The third kappa shape index (κ3) is 3.24. The molecule has 3 aromatic carbocycles. The standard InChI is InChI=1S/C23H16F2N2O3/c1-26-23(30)20(12-7-9-18(24)19(25)11-12)27-22(29)13-6-8-15-14-4-2-3-5-16(14)21(28)17(15)10-13/h2-11,20H,1H3,(H,26,30)(H,27,29). The Morgan fingerprint density at radius 1 is 0.833 bits per heavy atom. The molecule has 2 N–H and O–H groups in total. The Bertz CT molecular complexity index is 1210. The number of benzene rings is 3. The summed E-state index contributed by atoms with van der Waals surface area (Å²) in [6.07, 6.45) is 0. The van der Waals surface area contributed by atoms with E-state index in [2.05, 4.69) is 10.6 Å². The quantitative estimate of drug-likeness (QED) is 0.546. The molecule has 0 aliphatic heterocycles. The number of carbonyl (C=O) groups excluding carboxylic acids is 3. The molecule has 150 valence electrons. The molecule has 0 saturated carbocycles. The molecule has 0 heterocycles. The summed E-state index contributed by atoms with van der Waals surface area (Å²) in [6.45, 7) is 0. The van der Waals surface area contributed by atoms with E-state index in [-0.39, 0.29) is 16.9 Å². The Labute approximate surface area is 170 Å². The van der Waals surface area contributed by atoms with Crippen molar-refractivity contribution in [1.29, 1.82) is 0 Å². The van der Waals surface area contributed by atoms with Crippen molar-refractivity contribution in [3.05, 3.63) is 94.6 Å². The van der Waals surface area contributed by atoms with Gasteiger partial charge in [0.25, 0.3) is 5.91 Å². The van der Waals surface area contributed by atoms with Crippen LogP contribution in [-0.4, -0.2) is 24.6 Å². The zero-order valence-corrected chi connectivity index (χ0v) is 15.8. The molecule has 0 spiro atoms. The minimum Gasteiger partial charge on any atom is -0.357 e. The lowest BCUT2D eigenvalue weighted by Gasteiger charge is -2.18. The first-order valence-corrected chi connectivity index (χ1v) is 9.16. The second kappa shape index (κ2) is 7.51. The van der Waals surface area contributed by atoms with E-state index in [9.17, 15) is 23.2 Å². The number of likely N-dealkylation sites (N-methyl/N-ethyl adjacent to an activating group) is 1. The molecule has 0 radical (unpaired) electrons. The molecule has 0 fully saturated rings. The van der Waals surface area contributed by atoms with Crippen molar-refractivity contribution in [2.75, 3.05) is 7.05 Å². The summed E-state index contributed by atoms with van der Waals surface area (Å²) < 4.78 is 26.9. The van der Waals surface area contributed by atoms with Crippen LogP contribution in [0, 0.1) is 11.6 Å². The van der Waals surface area contributed by atoms with Crippen LogP contribution in [0.15, 0.2) is 60.7 Å². The van der Waals surface area contributed by atoms with Crippen LogP contribution < -0.4 is 10.6 Å². The van der Waals surface area contributed by atoms with Crippen molar-refractivity contribution in [3.8, 4) is 11.1 Å². The van der Waals surface area contributed by atoms with Crippen molar-refractivity contribution in [2.24, 2.45) is 0 Å². The number of fused-ring (bicyclic) bond motifs is 3. The number of rotatable bonds is 4. The van der Waals surface area contributed by atoms with Crippen molar-refractivity contribution >= 4 is 17.6 Å². The van der Waals surface area contributed by atoms with Crippen LogP contribution in [0.4, 0.5) is 8.78 Å². The first-order valence-electron chi connectivity index (χ1n) is 9.16. The lowest BCUT2D eigenvalue weighted by Crippen LogP contribution is -2.39. The minimum atomic E-state index is -1.24. The summed E-state index contributed by atoms with van der Waals surface area (Å²) in [7, 11) is 1.37. The predicted octanol–water partition coefficient (Wildman–Crippen LogP) is 3.39. The molecule has 0 saturated heterocycles. The molecule has 4 rings (SSSR count). The Morgan fingerprint density at radius 3 is 2.23 bits per heavy atom. The van der Waals surface area contributed by atoms with Crippen molar-refractivity contribution < 1.29 is 23.2 Å². The normalized spacial score (nSPS) is 12.7. The molecule has 0 bridgehead atoms. The second-order valence-electron chi connectivity index (χ2n) is 6.83. The molecule has 30 heavy (non-hydrogen) atoms. The first kappa shape index (κ1) is 19.4. The van der Waals surface area contributed by atoms with Gasteiger partial charge < -0.3 is 10.6 Å². The van der Waals surface area contributed by atoms with Crippen LogP contribution in [0.3, 0.4) is 0 Å². The molecule has 1 aliphatic rings. The van der Waals surface area contributed by atoms with E-state index in [0.717, 1.165) is 23.3 Å².